The predicted octanol–water partition coefficient (Wildman–Crippen LogP) is 2.39. The molecule has 0 fully saturated rings. The zero-order valence-corrected chi connectivity index (χ0v) is 13.5. The van der Waals surface area contributed by atoms with Crippen molar-refractivity contribution in [3.05, 3.63) is 42.2 Å². The molecule has 2 rings (SSSR count). The highest BCUT2D eigenvalue weighted by atomic mass is 16.1. The average Bonchev–Trinajstić information content (AvgIpc) is 3.07. The Balaban J connectivity index is 1.94. The zero-order valence-electron chi connectivity index (χ0n) is 13.5. The first-order chi connectivity index (χ1) is 10.6. The number of benzene rings is 1. The molecule has 1 atom stereocenters. The number of imidazole rings is 1. The fourth-order valence-electron chi connectivity index (χ4n) is 2.33. The van der Waals surface area contributed by atoms with Crippen molar-refractivity contribution < 1.29 is 4.79 Å². The SMILES string of the molecule is CCN(C)C[C@H](C)CNC(=O)c1cccc(-c2ncc[nH]2)c1. The molecule has 0 aliphatic carbocycles. The monoisotopic (exact) mass is 300 g/mol. The third-order valence-corrected chi connectivity index (χ3v) is 3.67. The van der Waals surface area contributed by atoms with Gasteiger partial charge in [-0.1, -0.05) is 26.0 Å². The standard InChI is InChI=1S/C17H24N4O/c1-4-21(3)12-13(2)11-20-17(22)15-7-5-6-14(10-15)16-18-8-9-19-16/h5-10,13H,4,11-12H2,1-3H3,(H,18,19)(H,20,22)/t13-/m1/s1. The maximum atomic E-state index is 12.3. The number of nitrogens with zero attached hydrogens (tertiary/aromatic N) is 2. The van der Waals surface area contributed by atoms with E-state index >= 15 is 0 Å². The van der Waals surface area contributed by atoms with Gasteiger partial charge in [-0.25, -0.2) is 4.98 Å². The lowest BCUT2D eigenvalue weighted by Crippen LogP contribution is -2.34. The number of hydrogen-bond donors (Lipinski definition) is 2. The number of aromatic amines is 1. The maximum Gasteiger partial charge on any atom is 0.251 e. The summed E-state index contributed by atoms with van der Waals surface area (Å²) >= 11 is 0. The van der Waals surface area contributed by atoms with Gasteiger partial charge < -0.3 is 15.2 Å². The molecule has 5 heteroatoms. The molecule has 0 saturated heterocycles. The summed E-state index contributed by atoms with van der Waals surface area (Å²) in [6.45, 7) is 6.94. The summed E-state index contributed by atoms with van der Waals surface area (Å²) in [4.78, 5) is 21.8. The molecule has 1 aromatic carbocycles. The molecular weight excluding hydrogens is 276 g/mol. The number of H-pyrrole nitrogens is 1. The number of carbonyl (C=O) groups excluding carboxylic acids is 1. The van der Waals surface area contributed by atoms with Crippen LogP contribution in [0.25, 0.3) is 11.4 Å². The molecule has 1 amide bonds. The minimum absolute atomic E-state index is 0.0422. The van der Waals surface area contributed by atoms with Crippen LogP contribution >= 0.6 is 0 Å². The van der Waals surface area contributed by atoms with Gasteiger partial charge in [0.2, 0.25) is 0 Å². The zero-order chi connectivity index (χ0) is 15.9. The maximum absolute atomic E-state index is 12.3. The van der Waals surface area contributed by atoms with Crippen molar-refractivity contribution in [1.29, 1.82) is 0 Å². The predicted molar refractivity (Wildman–Crippen MR) is 88.7 cm³/mol. The topological polar surface area (TPSA) is 61.0 Å². The molecule has 0 bridgehead atoms. The van der Waals surface area contributed by atoms with E-state index in [0.29, 0.717) is 18.0 Å². The van der Waals surface area contributed by atoms with Crippen molar-refractivity contribution in [2.45, 2.75) is 13.8 Å². The van der Waals surface area contributed by atoms with Crippen LogP contribution in [0, 0.1) is 5.92 Å². The van der Waals surface area contributed by atoms with Crippen molar-refractivity contribution in [3.8, 4) is 11.4 Å². The van der Waals surface area contributed by atoms with Crippen molar-refractivity contribution in [2.24, 2.45) is 5.92 Å². The lowest BCUT2D eigenvalue weighted by atomic mass is 10.1. The van der Waals surface area contributed by atoms with Crippen molar-refractivity contribution in [1.82, 2.24) is 20.2 Å². The molecule has 0 aliphatic rings. The van der Waals surface area contributed by atoms with Crippen LogP contribution in [-0.2, 0) is 0 Å². The van der Waals surface area contributed by atoms with Crippen molar-refractivity contribution in [2.75, 3.05) is 26.7 Å². The fourth-order valence-corrected chi connectivity index (χ4v) is 2.33. The van der Waals surface area contributed by atoms with Gasteiger partial charge in [-0.2, -0.15) is 0 Å². The van der Waals surface area contributed by atoms with E-state index in [9.17, 15) is 4.79 Å². The summed E-state index contributed by atoms with van der Waals surface area (Å²) in [6, 6.07) is 7.50. The fraction of sp³-hybridized carbons (Fsp3) is 0.412. The Bertz CT molecular complexity index is 594. The Kier molecular flexibility index (Phi) is 5.72. The van der Waals surface area contributed by atoms with E-state index in [2.05, 4.69) is 41.1 Å². The molecule has 5 nitrogen and oxygen atoms in total. The summed E-state index contributed by atoms with van der Waals surface area (Å²) in [5.41, 5.74) is 1.57. The normalized spacial score (nSPS) is 12.4. The molecule has 0 spiro atoms. The number of aromatic nitrogens is 2. The molecule has 22 heavy (non-hydrogen) atoms. The van der Waals surface area contributed by atoms with E-state index < -0.39 is 0 Å². The van der Waals surface area contributed by atoms with Crippen molar-refractivity contribution >= 4 is 5.91 Å². The first kappa shape index (κ1) is 16.2. The van der Waals surface area contributed by atoms with Gasteiger partial charge in [0.1, 0.15) is 5.82 Å². The van der Waals surface area contributed by atoms with Gasteiger partial charge in [0.05, 0.1) is 0 Å². The largest absolute Gasteiger partial charge is 0.352 e. The molecule has 0 saturated carbocycles. The van der Waals surface area contributed by atoms with Gasteiger partial charge in [0, 0.05) is 36.6 Å². The Labute approximate surface area is 131 Å². The van der Waals surface area contributed by atoms with E-state index in [1.807, 2.05) is 24.3 Å². The van der Waals surface area contributed by atoms with Gasteiger partial charge in [-0.15, -0.1) is 0 Å². The molecule has 0 aliphatic heterocycles. The van der Waals surface area contributed by atoms with Crippen LogP contribution in [0.15, 0.2) is 36.7 Å². The van der Waals surface area contributed by atoms with Crippen molar-refractivity contribution in [3.63, 3.8) is 0 Å². The smallest absolute Gasteiger partial charge is 0.251 e. The van der Waals surface area contributed by atoms with Gasteiger partial charge in [0.25, 0.3) is 5.91 Å². The molecule has 2 aromatic rings. The summed E-state index contributed by atoms with van der Waals surface area (Å²) in [5, 5.41) is 3.00. The van der Waals surface area contributed by atoms with Gasteiger partial charge in [-0.3, -0.25) is 4.79 Å². The molecule has 2 N–H and O–H groups in total. The van der Waals surface area contributed by atoms with E-state index in [4.69, 9.17) is 0 Å². The molecule has 0 radical (unpaired) electrons. The summed E-state index contributed by atoms with van der Waals surface area (Å²) < 4.78 is 0. The highest BCUT2D eigenvalue weighted by Gasteiger charge is 2.10. The number of rotatable bonds is 7. The Morgan fingerprint density at radius 2 is 2.27 bits per heavy atom. The Morgan fingerprint density at radius 1 is 1.45 bits per heavy atom. The molecular formula is C17H24N4O. The number of amides is 1. The highest BCUT2D eigenvalue weighted by molar-refractivity contribution is 5.95. The quantitative estimate of drug-likeness (QED) is 0.825. The van der Waals surface area contributed by atoms with E-state index in [1.54, 1.807) is 12.4 Å². The Hall–Kier alpha value is -2.14. The lowest BCUT2D eigenvalue weighted by molar-refractivity contribution is 0.0945. The number of nitrogens with one attached hydrogen (secondary N) is 2. The molecule has 1 heterocycles. The lowest BCUT2D eigenvalue weighted by Gasteiger charge is -2.19. The van der Waals surface area contributed by atoms with Crippen LogP contribution in [0.3, 0.4) is 0 Å². The molecule has 118 valence electrons. The number of carbonyl (C=O) groups is 1. The summed E-state index contributed by atoms with van der Waals surface area (Å²) in [7, 11) is 2.09. The average molecular weight is 300 g/mol. The number of hydrogen-bond acceptors (Lipinski definition) is 3. The van der Waals surface area contributed by atoms with Crippen LogP contribution < -0.4 is 5.32 Å². The van der Waals surface area contributed by atoms with E-state index in [1.165, 1.54) is 0 Å². The third kappa shape index (κ3) is 4.43. The van der Waals surface area contributed by atoms with Crippen LogP contribution in [0.5, 0.6) is 0 Å². The van der Waals surface area contributed by atoms with Gasteiger partial charge >= 0.3 is 0 Å². The van der Waals surface area contributed by atoms with E-state index in [-0.39, 0.29) is 5.91 Å². The molecule has 1 aromatic heterocycles. The summed E-state index contributed by atoms with van der Waals surface area (Å²) in [6.07, 6.45) is 3.47. The minimum Gasteiger partial charge on any atom is -0.352 e. The van der Waals surface area contributed by atoms with E-state index in [0.717, 1.165) is 24.5 Å². The van der Waals surface area contributed by atoms with Crippen LogP contribution in [-0.4, -0.2) is 47.5 Å². The van der Waals surface area contributed by atoms with Gasteiger partial charge in [-0.05, 0) is 31.6 Å². The first-order valence-corrected chi connectivity index (χ1v) is 7.66. The van der Waals surface area contributed by atoms with Crippen LogP contribution in [0.4, 0.5) is 0 Å². The first-order valence-electron chi connectivity index (χ1n) is 7.66. The minimum atomic E-state index is -0.0422. The van der Waals surface area contributed by atoms with Gasteiger partial charge in [0.15, 0.2) is 0 Å². The second-order valence-corrected chi connectivity index (χ2v) is 5.69. The second-order valence-electron chi connectivity index (χ2n) is 5.69. The second kappa shape index (κ2) is 7.75. The molecule has 0 unspecified atom stereocenters. The van der Waals surface area contributed by atoms with Crippen LogP contribution in [0.1, 0.15) is 24.2 Å². The summed E-state index contributed by atoms with van der Waals surface area (Å²) in [5.74, 6) is 1.15. The Morgan fingerprint density at radius 3 is 2.95 bits per heavy atom. The van der Waals surface area contributed by atoms with Crippen LogP contribution in [0.2, 0.25) is 0 Å². The highest BCUT2D eigenvalue weighted by Crippen LogP contribution is 2.16. The third-order valence-electron chi connectivity index (χ3n) is 3.67.